The van der Waals surface area contributed by atoms with Crippen LogP contribution in [0, 0.1) is 0 Å². The normalized spacial score (nSPS) is 11.1. The third-order valence-electron chi connectivity index (χ3n) is 3.78. The van der Waals surface area contributed by atoms with E-state index in [1.807, 2.05) is 0 Å². The summed E-state index contributed by atoms with van der Waals surface area (Å²) in [4.78, 5) is 12.9. The molecule has 8 heteroatoms. The van der Waals surface area contributed by atoms with Crippen molar-refractivity contribution in [2.45, 2.75) is 0 Å². The third kappa shape index (κ3) is 2.08. The summed E-state index contributed by atoms with van der Waals surface area (Å²) in [5.74, 6) is 1.37. The molecule has 0 atom stereocenters. The standard InChI is InChI=1S/C16H12N4O4/c1-22-13-6-10-12(7-14(13)23-2)24-11-4-3-8(5-9(11)15(10)21)16-17-19-20-18-16/h3-7H,1-2H3,(H,17,18,19,20). The molecule has 0 unspecified atom stereocenters. The first-order valence-corrected chi connectivity index (χ1v) is 7.07. The van der Waals surface area contributed by atoms with Crippen LogP contribution >= 0.6 is 0 Å². The minimum absolute atomic E-state index is 0.169. The minimum Gasteiger partial charge on any atom is -0.493 e. The second-order valence-electron chi connectivity index (χ2n) is 5.08. The monoisotopic (exact) mass is 324 g/mol. The van der Waals surface area contributed by atoms with E-state index < -0.39 is 0 Å². The summed E-state index contributed by atoms with van der Waals surface area (Å²) < 4.78 is 16.3. The van der Waals surface area contributed by atoms with Gasteiger partial charge in [0.15, 0.2) is 11.5 Å². The van der Waals surface area contributed by atoms with E-state index in [-0.39, 0.29) is 5.43 Å². The molecule has 0 amide bonds. The van der Waals surface area contributed by atoms with Crippen LogP contribution in [-0.2, 0) is 0 Å². The molecule has 1 N–H and O–H groups in total. The average molecular weight is 324 g/mol. The molecule has 0 aliphatic carbocycles. The van der Waals surface area contributed by atoms with Crippen LogP contribution in [0.15, 0.2) is 39.5 Å². The highest BCUT2D eigenvalue weighted by molar-refractivity contribution is 5.92. The molecule has 0 radical (unpaired) electrons. The van der Waals surface area contributed by atoms with E-state index in [9.17, 15) is 4.79 Å². The predicted molar refractivity (Wildman–Crippen MR) is 86.3 cm³/mol. The van der Waals surface area contributed by atoms with Gasteiger partial charge >= 0.3 is 0 Å². The van der Waals surface area contributed by atoms with E-state index in [1.165, 1.54) is 14.2 Å². The fourth-order valence-electron chi connectivity index (χ4n) is 2.61. The SMILES string of the molecule is COc1cc2oc3ccc(-c4nn[nH]n4)cc3c(=O)c2cc1OC. The molecular formula is C16H12N4O4. The molecule has 0 bridgehead atoms. The van der Waals surface area contributed by atoms with E-state index >= 15 is 0 Å². The van der Waals surface area contributed by atoms with Crippen molar-refractivity contribution >= 4 is 21.9 Å². The summed E-state index contributed by atoms with van der Waals surface area (Å²) in [5, 5.41) is 14.6. The maximum Gasteiger partial charge on any atom is 0.204 e. The van der Waals surface area contributed by atoms with E-state index in [1.54, 1.807) is 30.3 Å². The Hall–Kier alpha value is -3.42. The van der Waals surface area contributed by atoms with Crippen LogP contribution in [0.1, 0.15) is 0 Å². The quantitative estimate of drug-likeness (QED) is 0.576. The molecule has 2 aromatic carbocycles. The number of fused-ring (bicyclic) bond motifs is 2. The number of benzene rings is 2. The van der Waals surface area contributed by atoms with Gasteiger partial charge in [-0.25, -0.2) is 0 Å². The lowest BCUT2D eigenvalue weighted by Crippen LogP contribution is -2.03. The van der Waals surface area contributed by atoms with Gasteiger partial charge in [-0.15, -0.1) is 10.2 Å². The number of tetrazole rings is 1. The molecule has 0 saturated heterocycles. The van der Waals surface area contributed by atoms with Gasteiger partial charge in [0.05, 0.1) is 25.0 Å². The number of rotatable bonds is 3. The van der Waals surface area contributed by atoms with Gasteiger partial charge in [-0.1, -0.05) is 0 Å². The Morgan fingerprint density at radius 3 is 2.46 bits per heavy atom. The fraction of sp³-hybridized carbons (Fsp3) is 0.125. The summed E-state index contributed by atoms with van der Waals surface area (Å²) in [5.41, 5.74) is 1.39. The molecule has 2 aromatic heterocycles. The van der Waals surface area contributed by atoms with Gasteiger partial charge in [0.25, 0.3) is 0 Å². The Bertz CT molecular complexity index is 1100. The number of aromatic nitrogens is 4. The van der Waals surface area contributed by atoms with Gasteiger partial charge < -0.3 is 13.9 Å². The number of H-pyrrole nitrogens is 1. The summed E-state index contributed by atoms with van der Waals surface area (Å²) in [7, 11) is 3.04. The zero-order chi connectivity index (χ0) is 16.7. The van der Waals surface area contributed by atoms with E-state index in [0.717, 1.165) is 0 Å². The Labute approximate surface area is 135 Å². The Kier molecular flexibility index (Phi) is 3.16. The molecule has 8 nitrogen and oxygen atoms in total. The van der Waals surface area contributed by atoms with E-state index in [0.29, 0.717) is 44.8 Å². The van der Waals surface area contributed by atoms with Crippen LogP contribution in [0.4, 0.5) is 0 Å². The van der Waals surface area contributed by atoms with Crippen LogP contribution in [0.3, 0.4) is 0 Å². The summed E-state index contributed by atoms with van der Waals surface area (Å²) >= 11 is 0. The second kappa shape index (κ2) is 5.34. The fourth-order valence-corrected chi connectivity index (χ4v) is 2.61. The predicted octanol–water partition coefficient (Wildman–Crippen LogP) is 2.14. The molecule has 0 spiro atoms. The van der Waals surface area contributed by atoms with Gasteiger partial charge in [-0.2, -0.15) is 5.21 Å². The summed E-state index contributed by atoms with van der Waals surface area (Å²) in [6.07, 6.45) is 0. The van der Waals surface area contributed by atoms with Crippen molar-refractivity contribution in [3.63, 3.8) is 0 Å². The second-order valence-corrected chi connectivity index (χ2v) is 5.08. The lowest BCUT2D eigenvalue weighted by atomic mass is 10.1. The molecule has 0 fully saturated rings. The highest BCUT2D eigenvalue weighted by atomic mass is 16.5. The lowest BCUT2D eigenvalue weighted by molar-refractivity contribution is 0.355. The molecule has 120 valence electrons. The van der Waals surface area contributed by atoms with Gasteiger partial charge in [-0.3, -0.25) is 4.79 Å². The molecule has 0 aliphatic heterocycles. The van der Waals surface area contributed by atoms with Gasteiger partial charge in [0.2, 0.25) is 11.3 Å². The molecule has 24 heavy (non-hydrogen) atoms. The van der Waals surface area contributed by atoms with Crippen molar-refractivity contribution in [3.05, 3.63) is 40.6 Å². The number of aromatic amines is 1. The first-order chi connectivity index (χ1) is 11.7. The first kappa shape index (κ1) is 14.2. The number of methoxy groups -OCH3 is 2. The van der Waals surface area contributed by atoms with Crippen molar-refractivity contribution in [3.8, 4) is 22.9 Å². The Morgan fingerprint density at radius 1 is 1.00 bits per heavy atom. The van der Waals surface area contributed by atoms with Crippen molar-refractivity contribution in [1.82, 2.24) is 20.6 Å². The van der Waals surface area contributed by atoms with Gasteiger partial charge in [0.1, 0.15) is 11.2 Å². The average Bonchev–Trinajstić information content (AvgIpc) is 3.15. The molecule has 2 heterocycles. The number of ether oxygens (including phenoxy) is 2. The molecule has 4 aromatic rings. The topological polar surface area (TPSA) is 103 Å². The maximum atomic E-state index is 12.9. The van der Waals surface area contributed by atoms with Gasteiger partial charge in [0, 0.05) is 11.6 Å². The molecule has 4 rings (SSSR count). The first-order valence-electron chi connectivity index (χ1n) is 7.07. The van der Waals surface area contributed by atoms with Crippen molar-refractivity contribution < 1.29 is 13.9 Å². The van der Waals surface area contributed by atoms with Gasteiger partial charge in [-0.05, 0) is 29.5 Å². The highest BCUT2D eigenvalue weighted by Crippen LogP contribution is 2.32. The van der Waals surface area contributed by atoms with E-state index in [4.69, 9.17) is 13.9 Å². The largest absolute Gasteiger partial charge is 0.493 e. The van der Waals surface area contributed by atoms with Crippen LogP contribution in [0.2, 0.25) is 0 Å². The summed E-state index contributed by atoms with van der Waals surface area (Å²) in [6, 6.07) is 8.41. The molecule has 0 aliphatic rings. The molecular weight excluding hydrogens is 312 g/mol. The van der Waals surface area contributed by atoms with Crippen LogP contribution < -0.4 is 14.9 Å². The number of nitrogens with one attached hydrogen (secondary N) is 1. The number of hydrogen-bond donors (Lipinski definition) is 1. The van der Waals surface area contributed by atoms with E-state index in [2.05, 4.69) is 20.6 Å². The zero-order valence-electron chi connectivity index (χ0n) is 12.9. The van der Waals surface area contributed by atoms with Crippen LogP contribution in [0.25, 0.3) is 33.3 Å². The van der Waals surface area contributed by atoms with Crippen molar-refractivity contribution in [2.24, 2.45) is 0 Å². The highest BCUT2D eigenvalue weighted by Gasteiger charge is 2.14. The number of hydrogen-bond acceptors (Lipinski definition) is 7. The summed E-state index contributed by atoms with van der Waals surface area (Å²) in [6.45, 7) is 0. The third-order valence-corrected chi connectivity index (χ3v) is 3.78. The lowest BCUT2D eigenvalue weighted by Gasteiger charge is -2.09. The van der Waals surface area contributed by atoms with Crippen LogP contribution in [0.5, 0.6) is 11.5 Å². The van der Waals surface area contributed by atoms with Crippen molar-refractivity contribution in [1.29, 1.82) is 0 Å². The Balaban J connectivity index is 2.03. The van der Waals surface area contributed by atoms with Crippen LogP contribution in [-0.4, -0.2) is 34.8 Å². The van der Waals surface area contributed by atoms with Crippen molar-refractivity contribution in [2.75, 3.05) is 14.2 Å². The number of nitrogens with zero attached hydrogens (tertiary/aromatic N) is 3. The minimum atomic E-state index is -0.169. The Morgan fingerprint density at radius 2 is 1.75 bits per heavy atom. The smallest absolute Gasteiger partial charge is 0.204 e. The molecule has 0 saturated carbocycles. The zero-order valence-corrected chi connectivity index (χ0v) is 12.9. The maximum absolute atomic E-state index is 12.9.